The lowest BCUT2D eigenvalue weighted by Crippen LogP contribution is -2.09. The molecule has 0 spiro atoms. The van der Waals surface area contributed by atoms with Crippen molar-refractivity contribution in [3.05, 3.63) is 27.7 Å². The predicted octanol–water partition coefficient (Wildman–Crippen LogP) is 3.67. The first-order valence-corrected chi connectivity index (χ1v) is 6.40. The third-order valence-electron chi connectivity index (χ3n) is 2.70. The molecule has 1 atom stereocenters. The van der Waals surface area contributed by atoms with Crippen LogP contribution in [0.15, 0.2) is 16.6 Å². The average molecular weight is 287 g/mol. The molecule has 1 aromatic carbocycles. The molecule has 1 N–H and O–H groups in total. The molecule has 0 saturated heterocycles. The fourth-order valence-corrected chi connectivity index (χ4v) is 2.09. The van der Waals surface area contributed by atoms with E-state index in [2.05, 4.69) is 29.8 Å². The van der Waals surface area contributed by atoms with Crippen molar-refractivity contribution in [1.29, 1.82) is 0 Å². The highest BCUT2D eigenvalue weighted by Crippen LogP contribution is 2.28. The fourth-order valence-electron chi connectivity index (χ4n) is 1.47. The largest absolute Gasteiger partial charge is 0.493 e. The van der Waals surface area contributed by atoms with E-state index in [-0.39, 0.29) is 6.61 Å². The molecule has 1 rings (SSSR count). The second-order valence-electron chi connectivity index (χ2n) is 4.19. The molecule has 1 aromatic rings. The first kappa shape index (κ1) is 13.5. The van der Waals surface area contributed by atoms with E-state index in [1.165, 1.54) is 0 Å². The molecule has 0 aliphatic heterocycles. The number of benzene rings is 1. The highest BCUT2D eigenvalue weighted by Gasteiger charge is 2.09. The van der Waals surface area contributed by atoms with E-state index < -0.39 is 0 Å². The van der Waals surface area contributed by atoms with E-state index in [4.69, 9.17) is 4.74 Å². The molecule has 0 amide bonds. The van der Waals surface area contributed by atoms with Crippen molar-refractivity contribution in [2.75, 3.05) is 6.61 Å². The summed E-state index contributed by atoms with van der Waals surface area (Å²) >= 11 is 3.41. The summed E-state index contributed by atoms with van der Waals surface area (Å²) in [6, 6.07) is 3.91. The van der Waals surface area contributed by atoms with Crippen LogP contribution < -0.4 is 4.74 Å². The summed E-state index contributed by atoms with van der Waals surface area (Å²) in [6.45, 7) is 7.01. The van der Waals surface area contributed by atoms with Crippen molar-refractivity contribution < 1.29 is 9.84 Å². The van der Waals surface area contributed by atoms with Crippen molar-refractivity contribution in [2.24, 2.45) is 5.92 Å². The summed E-state index contributed by atoms with van der Waals surface area (Å²) in [5.41, 5.74) is 1.90. The Morgan fingerprint density at radius 3 is 2.69 bits per heavy atom. The molecule has 0 fully saturated rings. The lowest BCUT2D eigenvalue weighted by Gasteiger charge is -2.16. The summed E-state index contributed by atoms with van der Waals surface area (Å²) < 4.78 is 6.76. The Kier molecular flexibility index (Phi) is 5.29. The van der Waals surface area contributed by atoms with Gasteiger partial charge in [-0.1, -0.05) is 36.2 Å². The zero-order valence-corrected chi connectivity index (χ0v) is 11.7. The van der Waals surface area contributed by atoms with Crippen LogP contribution in [-0.2, 0) is 6.61 Å². The SMILES string of the molecule is CCC(C)COc1c(C)cc(Br)cc1CO. The lowest BCUT2D eigenvalue weighted by atomic mass is 10.1. The first-order chi connectivity index (χ1) is 7.58. The molecule has 0 radical (unpaired) electrons. The number of halogens is 1. The van der Waals surface area contributed by atoms with Crippen LogP contribution in [-0.4, -0.2) is 11.7 Å². The number of hydrogen-bond acceptors (Lipinski definition) is 2. The van der Waals surface area contributed by atoms with E-state index in [0.717, 1.165) is 27.8 Å². The van der Waals surface area contributed by atoms with Crippen molar-refractivity contribution in [3.8, 4) is 5.75 Å². The molecule has 16 heavy (non-hydrogen) atoms. The monoisotopic (exact) mass is 286 g/mol. The molecular weight excluding hydrogens is 268 g/mol. The Balaban J connectivity index is 2.85. The van der Waals surface area contributed by atoms with Crippen LogP contribution in [0.3, 0.4) is 0 Å². The molecule has 0 aliphatic rings. The maximum Gasteiger partial charge on any atom is 0.127 e. The average Bonchev–Trinajstić information content (AvgIpc) is 2.26. The Morgan fingerprint density at radius 1 is 1.44 bits per heavy atom. The van der Waals surface area contributed by atoms with E-state index in [9.17, 15) is 5.11 Å². The minimum Gasteiger partial charge on any atom is -0.493 e. The molecule has 1 unspecified atom stereocenters. The van der Waals surface area contributed by atoms with Crippen LogP contribution in [0.1, 0.15) is 31.4 Å². The summed E-state index contributed by atoms with van der Waals surface area (Å²) in [5.74, 6) is 1.36. The Bertz CT molecular complexity index is 350. The van der Waals surface area contributed by atoms with Gasteiger partial charge in [-0.15, -0.1) is 0 Å². The van der Waals surface area contributed by atoms with Gasteiger partial charge < -0.3 is 9.84 Å². The number of rotatable bonds is 5. The topological polar surface area (TPSA) is 29.5 Å². The van der Waals surface area contributed by atoms with Crippen LogP contribution in [0, 0.1) is 12.8 Å². The minimum atomic E-state index is 0.0100. The zero-order valence-electron chi connectivity index (χ0n) is 10.1. The third kappa shape index (κ3) is 3.49. The Morgan fingerprint density at radius 2 is 2.12 bits per heavy atom. The first-order valence-electron chi connectivity index (χ1n) is 5.61. The van der Waals surface area contributed by atoms with Crippen molar-refractivity contribution in [2.45, 2.75) is 33.8 Å². The van der Waals surface area contributed by atoms with Crippen molar-refractivity contribution in [1.82, 2.24) is 0 Å². The normalized spacial score (nSPS) is 12.6. The van der Waals surface area contributed by atoms with E-state index in [0.29, 0.717) is 12.5 Å². The molecule has 0 heterocycles. The standard InChI is InChI=1S/C13H19BrO2/c1-4-9(2)8-16-13-10(3)5-12(14)6-11(13)7-15/h5-6,9,15H,4,7-8H2,1-3H3. The van der Waals surface area contributed by atoms with Crippen LogP contribution in [0.5, 0.6) is 5.75 Å². The van der Waals surface area contributed by atoms with Crippen molar-refractivity contribution >= 4 is 15.9 Å². The maximum atomic E-state index is 9.29. The third-order valence-corrected chi connectivity index (χ3v) is 3.15. The lowest BCUT2D eigenvalue weighted by molar-refractivity contribution is 0.236. The number of ether oxygens (including phenoxy) is 1. The van der Waals surface area contributed by atoms with Gasteiger partial charge in [-0.3, -0.25) is 0 Å². The van der Waals surface area contributed by atoms with Gasteiger partial charge in [0.2, 0.25) is 0 Å². The highest BCUT2D eigenvalue weighted by atomic mass is 79.9. The van der Waals surface area contributed by atoms with Gasteiger partial charge in [0, 0.05) is 10.0 Å². The van der Waals surface area contributed by atoms with Gasteiger partial charge >= 0.3 is 0 Å². The molecule has 3 heteroatoms. The second kappa shape index (κ2) is 6.26. The predicted molar refractivity (Wildman–Crippen MR) is 69.8 cm³/mol. The van der Waals surface area contributed by atoms with Gasteiger partial charge in [0.1, 0.15) is 5.75 Å². The Labute approximate surface area is 106 Å². The molecule has 90 valence electrons. The van der Waals surface area contributed by atoms with E-state index in [1.807, 2.05) is 19.1 Å². The van der Waals surface area contributed by atoms with Gasteiger partial charge in [0.15, 0.2) is 0 Å². The smallest absolute Gasteiger partial charge is 0.127 e. The molecule has 0 aromatic heterocycles. The highest BCUT2D eigenvalue weighted by molar-refractivity contribution is 9.10. The van der Waals surface area contributed by atoms with Gasteiger partial charge in [0.05, 0.1) is 13.2 Å². The van der Waals surface area contributed by atoms with E-state index in [1.54, 1.807) is 0 Å². The summed E-state index contributed by atoms with van der Waals surface area (Å²) in [4.78, 5) is 0. The second-order valence-corrected chi connectivity index (χ2v) is 5.11. The number of aryl methyl sites for hydroxylation is 1. The maximum absolute atomic E-state index is 9.29. The van der Waals surface area contributed by atoms with Gasteiger partial charge in [0.25, 0.3) is 0 Å². The van der Waals surface area contributed by atoms with E-state index >= 15 is 0 Å². The molecule has 0 aliphatic carbocycles. The van der Waals surface area contributed by atoms with Crippen LogP contribution in [0.25, 0.3) is 0 Å². The minimum absolute atomic E-state index is 0.0100. The van der Waals surface area contributed by atoms with Gasteiger partial charge in [-0.2, -0.15) is 0 Å². The quantitative estimate of drug-likeness (QED) is 0.895. The molecule has 0 bridgehead atoms. The van der Waals surface area contributed by atoms with Crippen LogP contribution in [0.2, 0.25) is 0 Å². The number of hydrogen-bond donors (Lipinski definition) is 1. The molecule has 0 saturated carbocycles. The molecule has 2 nitrogen and oxygen atoms in total. The van der Waals surface area contributed by atoms with Crippen LogP contribution >= 0.6 is 15.9 Å². The van der Waals surface area contributed by atoms with Gasteiger partial charge in [-0.05, 0) is 30.5 Å². The number of aliphatic hydroxyl groups excluding tert-OH is 1. The zero-order chi connectivity index (χ0) is 12.1. The molecular formula is C13H19BrO2. The fraction of sp³-hybridized carbons (Fsp3) is 0.538. The number of aliphatic hydroxyl groups is 1. The summed E-state index contributed by atoms with van der Waals surface area (Å²) in [6.07, 6.45) is 1.10. The Hall–Kier alpha value is -0.540. The van der Waals surface area contributed by atoms with Crippen LogP contribution in [0.4, 0.5) is 0 Å². The van der Waals surface area contributed by atoms with Crippen molar-refractivity contribution in [3.63, 3.8) is 0 Å². The summed E-state index contributed by atoms with van der Waals surface area (Å²) in [5, 5.41) is 9.29. The van der Waals surface area contributed by atoms with Gasteiger partial charge in [-0.25, -0.2) is 0 Å². The summed E-state index contributed by atoms with van der Waals surface area (Å²) in [7, 11) is 0.